The van der Waals surface area contributed by atoms with Crippen LogP contribution < -0.4 is 5.32 Å². The molecule has 1 heterocycles. The number of likely N-dealkylation sites (N-methyl/N-ethyl adjacent to an activating group) is 1. The summed E-state index contributed by atoms with van der Waals surface area (Å²) in [5, 5.41) is 3.24. The number of nitrogens with zero attached hydrogens (tertiary/aromatic N) is 2. The zero-order chi connectivity index (χ0) is 14.6. The largest absolute Gasteiger partial charge is 0.332 e. The molecule has 0 aromatic carbocycles. The molecule has 1 unspecified atom stereocenters. The fraction of sp³-hybridized carbons (Fsp3) is 0.857. The maximum Gasteiger partial charge on any atom is 0.242 e. The number of nitrogens with one attached hydrogen (secondary N) is 1. The first kappa shape index (κ1) is 16.0. The van der Waals surface area contributed by atoms with Gasteiger partial charge in [0.25, 0.3) is 0 Å². The van der Waals surface area contributed by atoms with Crippen molar-refractivity contribution in [3.63, 3.8) is 0 Å². The van der Waals surface area contributed by atoms with E-state index in [0.29, 0.717) is 13.1 Å². The van der Waals surface area contributed by atoms with Crippen molar-refractivity contribution in [1.82, 2.24) is 15.1 Å². The summed E-state index contributed by atoms with van der Waals surface area (Å²) in [7, 11) is 1.90. The lowest BCUT2D eigenvalue weighted by Gasteiger charge is -2.39. The second-order valence-corrected chi connectivity index (χ2v) is 6.30. The Morgan fingerprint density at radius 1 is 1.16 bits per heavy atom. The number of carbonyl (C=O) groups is 2. The molecule has 1 atom stereocenters. The van der Waals surface area contributed by atoms with E-state index in [2.05, 4.69) is 26.1 Å². The van der Waals surface area contributed by atoms with Gasteiger partial charge >= 0.3 is 0 Å². The van der Waals surface area contributed by atoms with Crippen molar-refractivity contribution >= 4 is 11.8 Å². The molecule has 0 aliphatic carbocycles. The molecule has 110 valence electrons. The van der Waals surface area contributed by atoms with Crippen LogP contribution in [-0.2, 0) is 9.59 Å². The predicted molar refractivity (Wildman–Crippen MR) is 75.8 cm³/mol. The van der Waals surface area contributed by atoms with E-state index in [1.165, 1.54) is 0 Å². The summed E-state index contributed by atoms with van der Waals surface area (Å²) in [4.78, 5) is 27.4. The third kappa shape index (κ3) is 4.20. The number of hydrogen-bond acceptors (Lipinski definition) is 3. The Bertz CT molecular complexity index is 336. The van der Waals surface area contributed by atoms with Crippen LogP contribution in [-0.4, -0.2) is 60.9 Å². The number of amides is 2. The second kappa shape index (κ2) is 6.37. The maximum atomic E-state index is 12.1. The molecule has 0 spiro atoms. The molecule has 1 aliphatic rings. The van der Waals surface area contributed by atoms with Crippen molar-refractivity contribution in [3.8, 4) is 0 Å². The molecule has 1 aliphatic heterocycles. The Kier molecular flexibility index (Phi) is 5.35. The fourth-order valence-corrected chi connectivity index (χ4v) is 2.36. The topological polar surface area (TPSA) is 52.7 Å². The first-order valence-corrected chi connectivity index (χ1v) is 7.02. The van der Waals surface area contributed by atoms with E-state index in [1.54, 1.807) is 9.80 Å². The van der Waals surface area contributed by atoms with E-state index in [0.717, 1.165) is 6.42 Å². The van der Waals surface area contributed by atoms with E-state index in [-0.39, 0.29) is 36.4 Å². The van der Waals surface area contributed by atoms with Crippen molar-refractivity contribution in [2.24, 2.45) is 5.41 Å². The molecule has 0 bridgehead atoms. The lowest BCUT2D eigenvalue weighted by atomic mass is 9.86. The first-order valence-electron chi connectivity index (χ1n) is 7.02. The Balaban J connectivity index is 2.66. The highest BCUT2D eigenvalue weighted by Crippen LogP contribution is 2.20. The van der Waals surface area contributed by atoms with E-state index < -0.39 is 0 Å². The van der Waals surface area contributed by atoms with Crippen molar-refractivity contribution < 1.29 is 9.59 Å². The number of carbonyl (C=O) groups excluding carboxylic acids is 2. The van der Waals surface area contributed by atoms with Crippen LogP contribution in [0.3, 0.4) is 0 Å². The monoisotopic (exact) mass is 269 g/mol. The van der Waals surface area contributed by atoms with Gasteiger partial charge in [-0.05, 0) is 18.9 Å². The lowest BCUT2D eigenvalue weighted by Crippen LogP contribution is -2.58. The number of piperazine rings is 1. The van der Waals surface area contributed by atoms with E-state index in [1.807, 2.05) is 14.0 Å². The average molecular weight is 269 g/mol. The summed E-state index contributed by atoms with van der Waals surface area (Å²) in [6, 6.07) is 0.182. The van der Waals surface area contributed by atoms with Crippen LogP contribution in [0.4, 0.5) is 0 Å². The summed E-state index contributed by atoms with van der Waals surface area (Å²) in [6.45, 7) is 10.1. The van der Waals surface area contributed by atoms with Crippen LogP contribution in [0.5, 0.6) is 0 Å². The van der Waals surface area contributed by atoms with Gasteiger partial charge in [0, 0.05) is 19.1 Å². The van der Waals surface area contributed by atoms with Crippen LogP contribution >= 0.6 is 0 Å². The molecule has 0 aromatic heterocycles. The minimum absolute atomic E-state index is 0.0533. The highest BCUT2D eigenvalue weighted by molar-refractivity contribution is 5.92. The quantitative estimate of drug-likeness (QED) is 0.799. The van der Waals surface area contributed by atoms with Crippen LogP contribution in [0.15, 0.2) is 0 Å². The molecular formula is C14H27N3O2. The molecule has 1 N–H and O–H groups in total. The van der Waals surface area contributed by atoms with Crippen molar-refractivity contribution in [2.45, 2.75) is 40.2 Å². The summed E-state index contributed by atoms with van der Waals surface area (Å²) in [6.07, 6.45) is 0.889. The molecule has 1 rings (SSSR count). The SMILES string of the molecule is CCCN1CC(=O)N(CC(NC)C(C)(C)C)CC1=O. The molecule has 1 fully saturated rings. The third-order valence-electron chi connectivity index (χ3n) is 3.65. The second-order valence-electron chi connectivity index (χ2n) is 6.30. The normalized spacial score (nSPS) is 19.0. The first-order chi connectivity index (χ1) is 8.79. The van der Waals surface area contributed by atoms with Gasteiger partial charge in [-0.15, -0.1) is 0 Å². The van der Waals surface area contributed by atoms with Gasteiger partial charge < -0.3 is 15.1 Å². The van der Waals surface area contributed by atoms with Gasteiger partial charge in [-0.1, -0.05) is 27.7 Å². The average Bonchev–Trinajstić information content (AvgIpc) is 2.30. The molecule has 2 amide bonds. The predicted octanol–water partition coefficient (Wildman–Crippen LogP) is 0.701. The van der Waals surface area contributed by atoms with Gasteiger partial charge in [0.2, 0.25) is 11.8 Å². The van der Waals surface area contributed by atoms with E-state index in [9.17, 15) is 9.59 Å². The standard InChI is InChI=1S/C14H27N3O2/c1-6-7-16-9-13(19)17(10-12(16)18)8-11(15-5)14(2,3)4/h11,15H,6-10H2,1-5H3. The summed E-state index contributed by atoms with van der Waals surface area (Å²) >= 11 is 0. The van der Waals surface area contributed by atoms with Gasteiger partial charge in [-0.25, -0.2) is 0 Å². The van der Waals surface area contributed by atoms with Crippen molar-refractivity contribution in [3.05, 3.63) is 0 Å². The van der Waals surface area contributed by atoms with Crippen LogP contribution in [0, 0.1) is 5.41 Å². The van der Waals surface area contributed by atoms with Gasteiger partial charge in [0.1, 0.15) is 0 Å². The summed E-state index contributed by atoms with van der Waals surface area (Å²) in [5.74, 6) is 0.114. The van der Waals surface area contributed by atoms with Crippen LogP contribution in [0.25, 0.3) is 0 Å². The van der Waals surface area contributed by atoms with Crippen LogP contribution in [0.2, 0.25) is 0 Å². The Labute approximate surface area is 116 Å². The van der Waals surface area contributed by atoms with Crippen molar-refractivity contribution in [1.29, 1.82) is 0 Å². The Morgan fingerprint density at radius 3 is 2.16 bits per heavy atom. The van der Waals surface area contributed by atoms with Gasteiger partial charge in [-0.2, -0.15) is 0 Å². The molecule has 5 nitrogen and oxygen atoms in total. The van der Waals surface area contributed by atoms with Gasteiger partial charge in [-0.3, -0.25) is 9.59 Å². The summed E-state index contributed by atoms with van der Waals surface area (Å²) in [5.41, 5.74) is 0.0542. The van der Waals surface area contributed by atoms with Gasteiger partial charge in [0.05, 0.1) is 13.1 Å². The summed E-state index contributed by atoms with van der Waals surface area (Å²) < 4.78 is 0. The minimum Gasteiger partial charge on any atom is -0.332 e. The Hall–Kier alpha value is -1.10. The van der Waals surface area contributed by atoms with E-state index >= 15 is 0 Å². The molecule has 0 aromatic rings. The molecule has 1 saturated heterocycles. The lowest BCUT2D eigenvalue weighted by molar-refractivity contribution is -0.150. The smallest absolute Gasteiger partial charge is 0.242 e. The van der Waals surface area contributed by atoms with Gasteiger partial charge in [0.15, 0.2) is 0 Å². The third-order valence-corrected chi connectivity index (χ3v) is 3.65. The maximum absolute atomic E-state index is 12.1. The molecule has 0 saturated carbocycles. The highest BCUT2D eigenvalue weighted by Gasteiger charge is 2.33. The Morgan fingerprint density at radius 2 is 1.68 bits per heavy atom. The number of rotatable bonds is 5. The zero-order valence-electron chi connectivity index (χ0n) is 12.8. The molecule has 0 radical (unpaired) electrons. The van der Waals surface area contributed by atoms with Crippen LogP contribution in [0.1, 0.15) is 34.1 Å². The zero-order valence-corrected chi connectivity index (χ0v) is 12.8. The van der Waals surface area contributed by atoms with E-state index in [4.69, 9.17) is 0 Å². The molecule has 5 heteroatoms. The molecular weight excluding hydrogens is 242 g/mol. The highest BCUT2D eigenvalue weighted by atomic mass is 16.2. The number of hydrogen-bond donors (Lipinski definition) is 1. The van der Waals surface area contributed by atoms with Crippen molar-refractivity contribution in [2.75, 3.05) is 33.2 Å². The minimum atomic E-state index is 0.0533. The fourth-order valence-electron chi connectivity index (χ4n) is 2.36. The molecule has 19 heavy (non-hydrogen) atoms.